The summed E-state index contributed by atoms with van der Waals surface area (Å²) in [6.07, 6.45) is 2.32. The van der Waals surface area contributed by atoms with Crippen LogP contribution in [0.3, 0.4) is 0 Å². The highest BCUT2D eigenvalue weighted by Crippen LogP contribution is 2.22. The summed E-state index contributed by atoms with van der Waals surface area (Å²) in [6, 6.07) is 8.52. The van der Waals surface area contributed by atoms with Crippen LogP contribution >= 0.6 is 23.6 Å². The Bertz CT molecular complexity index is 482. The maximum atomic E-state index is 5.00. The molecule has 1 aromatic heterocycles. The molecule has 0 unspecified atom stereocenters. The van der Waals surface area contributed by atoms with Crippen molar-refractivity contribution in [2.24, 2.45) is 0 Å². The number of aryl methyl sites for hydroxylation is 1. The molecule has 2 aromatic rings. The van der Waals surface area contributed by atoms with Gasteiger partial charge < -0.3 is 0 Å². The monoisotopic (exact) mass is 236 g/mol. The number of aromatic nitrogens is 2. The van der Waals surface area contributed by atoms with Crippen LogP contribution in [-0.2, 0) is 6.42 Å². The summed E-state index contributed by atoms with van der Waals surface area (Å²) in [6.45, 7) is 2.19. The number of nitrogens with zero attached hydrogens (tertiary/aromatic N) is 1. The van der Waals surface area contributed by atoms with Crippen LogP contribution in [-0.4, -0.2) is 10.2 Å². The molecule has 1 N–H and O–H groups in total. The van der Waals surface area contributed by atoms with E-state index in [1.54, 1.807) is 0 Å². The average molecular weight is 236 g/mol. The largest absolute Gasteiger partial charge is 0.258 e. The molecule has 0 aliphatic heterocycles. The molecule has 2 nitrogen and oxygen atoms in total. The summed E-state index contributed by atoms with van der Waals surface area (Å²) in [5.41, 5.74) is 2.51. The molecule has 2 rings (SSSR count). The van der Waals surface area contributed by atoms with Crippen molar-refractivity contribution in [1.29, 1.82) is 0 Å². The Labute approximate surface area is 98.0 Å². The van der Waals surface area contributed by atoms with E-state index in [0.717, 1.165) is 20.9 Å². The first kappa shape index (κ1) is 10.5. The minimum atomic E-state index is 0.725. The molecule has 0 aliphatic rings. The quantitative estimate of drug-likeness (QED) is 0.821. The van der Waals surface area contributed by atoms with E-state index >= 15 is 0 Å². The van der Waals surface area contributed by atoms with Gasteiger partial charge in [0.05, 0.1) is 0 Å². The van der Waals surface area contributed by atoms with Crippen LogP contribution in [0, 0.1) is 3.95 Å². The Hall–Kier alpha value is -1.00. The lowest BCUT2D eigenvalue weighted by atomic mass is 10.1. The summed E-state index contributed by atoms with van der Waals surface area (Å²) in [5, 5.41) is 7.90. The normalized spacial score (nSPS) is 10.5. The molecule has 0 amide bonds. The van der Waals surface area contributed by atoms with Crippen LogP contribution in [0.15, 0.2) is 24.3 Å². The van der Waals surface area contributed by atoms with Gasteiger partial charge >= 0.3 is 0 Å². The van der Waals surface area contributed by atoms with Crippen molar-refractivity contribution in [1.82, 2.24) is 10.2 Å². The summed E-state index contributed by atoms with van der Waals surface area (Å²) in [7, 11) is 0. The smallest absolute Gasteiger partial charge is 0.176 e. The van der Waals surface area contributed by atoms with Gasteiger partial charge in [0.1, 0.15) is 5.01 Å². The Morgan fingerprint density at radius 1 is 1.33 bits per heavy atom. The van der Waals surface area contributed by atoms with E-state index < -0.39 is 0 Å². The topological polar surface area (TPSA) is 28.7 Å². The molecular weight excluding hydrogens is 224 g/mol. The maximum absolute atomic E-state index is 5.00. The van der Waals surface area contributed by atoms with Crippen LogP contribution in [0.5, 0.6) is 0 Å². The van der Waals surface area contributed by atoms with Gasteiger partial charge in [-0.3, -0.25) is 5.10 Å². The number of aromatic amines is 1. The van der Waals surface area contributed by atoms with Gasteiger partial charge in [0.2, 0.25) is 0 Å². The van der Waals surface area contributed by atoms with Gasteiger partial charge in [-0.15, -0.1) is 0 Å². The predicted molar refractivity (Wildman–Crippen MR) is 66.7 cm³/mol. The number of benzene rings is 1. The van der Waals surface area contributed by atoms with E-state index in [9.17, 15) is 0 Å². The van der Waals surface area contributed by atoms with Crippen molar-refractivity contribution in [2.75, 3.05) is 0 Å². The van der Waals surface area contributed by atoms with Gasteiger partial charge in [0.25, 0.3) is 0 Å². The van der Waals surface area contributed by atoms with Crippen molar-refractivity contribution >= 4 is 23.6 Å². The molecule has 0 bridgehead atoms. The molecule has 1 heterocycles. The van der Waals surface area contributed by atoms with E-state index in [1.165, 1.54) is 23.3 Å². The van der Waals surface area contributed by atoms with Crippen LogP contribution < -0.4 is 0 Å². The molecule has 1 aromatic carbocycles. The van der Waals surface area contributed by atoms with Gasteiger partial charge in [-0.1, -0.05) is 48.9 Å². The first-order valence-corrected chi connectivity index (χ1v) is 6.17. The summed E-state index contributed by atoms with van der Waals surface area (Å²) >= 11 is 6.51. The van der Waals surface area contributed by atoms with E-state index in [1.807, 2.05) is 0 Å². The molecule has 0 spiro atoms. The molecule has 78 valence electrons. The number of hydrogen-bond acceptors (Lipinski definition) is 3. The number of rotatable bonds is 3. The fraction of sp³-hybridized carbons (Fsp3) is 0.273. The minimum Gasteiger partial charge on any atom is -0.258 e. The Kier molecular flexibility index (Phi) is 3.28. The van der Waals surface area contributed by atoms with Gasteiger partial charge in [-0.25, -0.2) is 0 Å². The molecule has 15 heavy (non-hydrogen) atoms. The van der Waals surface area contributed by atoms with Crippen molar-refractivity contribution in [2.45, 2.75) is 19.8 Å². The Morgan fingerprint density at radius 3 is 2.60 bits per heavy atom. The predicted octanol–water partition coefficient (Wildman–Crippen LogP) is 3.82. The van der Waals surface area contributed by atoms with Crippen molar-refractivity contribution in [3.8, 4) is 10.6 Å². The number of H-pyrrole nitrogens is 1. The number of hydrogen-bond donors (Lipinski definition) is 1. The summed E-state index contributed by atoms with van der Waals surface area (Å²) < 4.78 is 0.725. The average Bonchev–Trinajstić information content (AvgIpc) is 2.67. The third-order valence-electron chi connectivity index (χ3n) is 2.18. The van der Waals surface area contributed by atoms with Gasteiger partial charge in [0.15, 0.2) is 3.95 Å². The highest BCUT2D eigenvalue weighted by Gasteiger charge is 2.01. The van der Waals surface area contributed by atoms with Gasteiger partial charge in [-0.2, -0.15) is 5.10 Å². The standard InChI is InChI=1S/C11H12N2S2/c1-2-3-8-4-6-9(7-5-8)10-12-13-11(14)15-10/h4-7H,2-3H2,1H3,(H,13,14). The lowest BCUT2D eigenvalue weighted by Crippen LogP contribution is -1.83. The molecule has 0 saturated carbocycles. The van der Waals surface area contributed by atoms with Crippen molar-refractivity contribution in [3.05, 3.63) is 33.8 Å². The second-order valence-electron chi connectivity index (χ2n) is 3.37. The summed E-state index contributed by atoms with van der Waals surface area (Å²) in [4.78, 5) is 0. The molecular formula is C11H12N2S2. The SMILES string of the molecule is CCCc1ccc(-c2n[nH]c(=S)s2)cc1. The third-order valence-corrected chi connectivity index (χ3v) is 3.32. The van der Waals surface area contributed by atoms with E-state index in [4.69, 9.17) is 12.2 Å². The molecule has 0 aliphatic carbocycles. The van der Waals surface area contributed by atoms with Crippen molar-refractivity contribution in [3.63, 3.8) is 0 Å². The lowest BCUT2D eigenvalue weighted by molar-refractivity contribution is 0.922. The maximum Gasteiger partial charge on any atom is 0.176 e. The third kappa shape index (κ3) is 2.52. The molecule has 0 atom stereocenters. The first-order valence-electron chi connectivity index (χ1n) is 4.94. The van der Waals surface area contributed by atoms with E-state index in [-0.39, 0.29) is 0 Å². The molecule has 0 saturated heterocycles. The fourth-order valence-electron chi connectivity index (χ4n) is 1.46. The molecule has 0 fully saturated rings. The lowest BCUT2D eigenvalue weighted by Gasteiger charge is -1.99. The molecule has 0 radical (unpaired) electrons. The number of nitrogens with one attached hydrogen (secondary N) is 1. The zero-order valence-corrected chi connectivity index (χ0v) is 10.1. The highest BCUT2D eigenvalue weighted by atomic mass is 32.1. The van der Waals surface area contributed by atoms with Gasteiger partial charge in [0, 0.05) is 5.56 Å². The van der Waals surface area contributed by atoms with Crippen LogP contribution in [0.2, 0.25) is 0 Å². The summed E-state index contributed by atoms with van der Waals surface area (Å²) in [5.74, 6) is 0. The Balaban J connectivity index is 2.27. The zero-order valence-electron chi connectivity index (χ0n) is 8.49. The van der Waals surface area contributed by atoms with E-state index in [2.05, 4.69) is 41.4 Å². The van der Waals surface area contributed by atoms with Crippen molar-refractivity contribution < 1.29 is 0 Å². The van der Waals surface area contributed by atoms with Gasteiger partial charge in [-0.05, 0) is 24.2 Å². The fourth-order valence-corrected chi connectivity index (χ4v) is 2.35. The second-order valence-corrected chi connectivity index (χ2v) is 5.03. The Morgan fingerprint density at radius 2 is 2.07 bits per heavy atom. The molecule has 4 heteroatoms. The minimum absolute atomic E-state index is 0.725. The first-order chi connectivity index (χ1) is 7.29. The zero-order chi connectivity index (χ0) is 10.7. The van der Waals surface area contributed by atoms with E-state index in [0.29, 0.717) is 0 Å². The van der Waals surface area contributed by atoms with Crippen LogP contribution in [0.4, 0.5) is 0 Å². The van der Waals surface area contributed by atoms with Crippen LogP contribution in [0.25, 0.3) is 10.6 Å². The van der Waals surface area contributed by atoms with Crippen LogP contribution in [0.1, 0.15) is 18.9 Å². The highest BCUT2D eigenvalue weighted by molar-refractivity contribution is 7.73. The second kappa shape index (κ2) is 4.68.